The van der Waals surface area contributed by atoms with Crippen LogP contribution in [0.2, 0.25) is 0 Å². The quantitative estimate of drug-likeness (QED) is 0.777. The van der Waals surface area contributed by atoms with Crippen LogP contribution >= 0.6 is 0 Å². The Morgan fingerprint density at radius 1 is 0.960 bits per heavy atom. The molecule has 0 fully saturated rings. The highest BCUT2D eigenvalue weighted by molar-refractivity contribution is 5.92. The van der Waals surface area contributed by atoms with Crippen LogP contribution in [0.5, 0.6) is 0 Å². The van der Waals surface area contributed by atoms with Crippen molar-refractivity contribution in [2.45, 2.75) is 13.5 Å². The lowest BCUT2D eigenvalue weighted by Crippen LogP contribution is -2.24. The van der Waals surface area contributed by atoms with Gasteiger partial charge in [0.1, 0.15) is 0 Å². The molecule has 0 saturated carbocycles. The molecule has 126 valence electrons. The molecule has 3 rings (SSSR count). The van der Waals surface area contributed by atoms with E-state index in [-0.39, 0.29) is 5.91 Å². The van der Waals surface area contributed by atoms with E-state index in [0.717, 1.165) is 11.3 Å². The zero-order valence-electron chi connectivity index (χ0n) is 14.3. The number of para-hydroxylation sites is 1. The number of nitrogens with one attached hydrogen (secondary N) is 1. The minimum absolute atomic E-state index is 0.234. The van der Waals surface area contributed by atoms with Gasteiger partial charge in [0.2, 0.25) is 0 Å². The molecule has 3 aromatic rings. The minimum Gasteiger partial charge on any atom is -0.347 e. The average molecular weight is 332 g/mol. The number of hydrogen-bond donors (Lipinski definition) is 1. The first-order valence-electron chi connectivity index (χ1n) is 8.10. The van der Waals surface area contributed by atoms with E-state index in [1.165, 1.54) is 5.56 Å². The lowest BCUT2D eigenvalue weighted by atomic mass is 10.1. The molecule has 0 unspecified atom stereocenters. The molecular formula is C20H20N4O. The van der Waals surface area contributed by atoms with Gasteiger partial charge in [-0.25, -0.2) is 0 Å². The summed E-state index contributed by atoms with van der Waals surface area (Å²) < 4.78 is 0. The molecule has 25 heavy (non-hydrogen) atoms. The van der Waals surface area contributed by atoms with E-state index < -0.39 is 0 Å². The maximum absolute atomic E-state index is 12.2. The first-order valence-corrected chi connectivity index (χ1v) is 8.10. The molecule has 0 radical (unpaired) electrons. The Morgan fingerprint density at radius 2 is 1.68 bits per heavy atom. The Hall–Kier alpha value is -3.21. The maximum Gasteiger partial charge on any atom is 0.272 e. The highest BCUT2D eigenvalue weighted by Gasteiger charge is 2.10. The molecule has 0 spiro atoms. The fourth-order valence-electron chi connectivity index (χ4n) is 2.39. The Labute approximate surface area is 147 Å². The van der Waals surface area contributed by atoms with Gasteiger partial charge in [0, 0.05) is 19.3 Å². The van der Waals surface area contributed by atoms with Crippen molar-refractivity contribution in [3.05, 3.63) is 83.6 Å². The molecule has 2 aromatic carbocycles. The number of hydrogen-bond acceptors (Lipinski definition) is 4. The standard InChI is InChI=1S/C20H20N4O/c1-15-8-10-16(11-9-15)14-21-20(25)18-12-13-19(23-22-18)24(2)17-6-4-3-5-7-17/h3-13H,14H2,1-2H3,(H,21,25). The van der Waals surface area contributed by atoms with Crippen molar-refractivity contribution >= 4 is 17.4 Å². The Balaban J connectivity index is 1.63. The van der Waals surface area contributed by atoms with Crippen LogP contribution in [-0.2, 0) is 6.54 Å². The van der Waals surface area contributed by atoms with Gasteiger partial charge in [-0.2, -0.15) is 0 Å². The van der Waals surface area contributed by atoms with Crippen LogP contribution in [0.4, 0.5) is 11.5 Å². The minimum atomic E-state index is -0.234. The summed E-state index contributed by atoms with van der Waals surface area (Å²) in [6.45, 7) is 2.50. The summed E-state index contributed by atoms with van der Waals surface area (Å²) in [5.74, 6) is 0.447. The molecule has 1 amide bonds. The fourth-order valence-corrected chi connectivity index (χ4v) is 2.39. The molecule has 0 aliphatic heterocycles. The SMILES string of the molecule is Cc1ccc(CNC(=O)c2ccc(N(C)c3ccccc3)nn2)cc1. The number of aromatic nitrogens is 2. The third kappa shape index (κ3) is 4.20. The Kier molecular flexibility index (Phi) is 5.04. The summed E-state index contributed by atoms with van der Waals surface area (Å²) in [7, 11) is 1.91. The van der Waals surface area contributed by atoms with Crippen molar-refractivity contribution in [2.75, 3.05) is 11.9 Å². The normalized spacial score (nSPS) is 10.3. The van der Waals surface area contributed by atoms with E-state index in [1.807, 2.05) is 73.5 Å². The highest BCUT2D eigenvalue weighted by atomic mass is 16.1. The van der Waals surface area contributed by atoms with Gasteiger partial charge in [-0.15, -0.1) is 10.2 Å². The maximum atomic E-state index is 12.2. The van der Waals surface area contributed by atoms with Gasteiger partial charge < -0.3 is 10.2 Å². The van der Waals surface area contributed by atoms with Gasteiger partial charge in [-0.05, 0) is 36.8 Å². The van der Waals surface area contributed by atoms with Crippen molar-refractivity contribution in [2.24, 2.45) is 0 Å². The summed E-state index contributed by atoms with van der Waals surface area (Å²) in [4.78, 5) is 14.1. The zero-order valence-corrected chi connectivity index (χ0v) is 14.3. The van der Waals surface area contributed by atoms with E-state index in [4.69, 9.17) is 0 Å². The zero-order chi connectivity index (χ0) is 17.6. The third-order valence-corrected chi connectivity index (χ3v) is 3.94. The first kappa shape index (κ1) is 16.6. The number of amides is 1. The van der Waals surface area contributed by atoms with Crippen LogP contribution in [0.25, 0.3) is 0 Å². The van der Waals surface area contributed by atoms with Gasteiger partial charge in [-0.1, -0.05) is 48.0 Å². The summed E-state index contributed by atoms with van der Waals surface area (Å²) in [6.07, 6.45) is 0. The van der Waals surface area contributed by atoms with Crippen molar-refractivity contribution in [1.82, 2.24) is 15.5 Å². The summed E-state index contributed by atoms with van der Waals surface area (Å²) in [5, 5.41) is 11.1. The van der Waals surface area contributed by atoms with Gasteiger partial charge in [0.05, 0.1) is 0 Å². The van der Waals surface area contributed by atoms with E-state index in [9.17, 15) is 4.79 Å². The lowest BCUT2D eigenvalue weighted by Gasteiger charge is -2.17. The number of benzene rings is 2. The van der Waals surface area contributed by atoms with Crippen LogP contribution in [0, 0.1) is 6.92 Å². The molecule has 5 heteroatoms. The summed E-state index contributed by atoms with van der Waals surface area (Å²) in [6, 6.07) is 21.4. The van der Waals surface area contributed by atoms with Crippen LogP contribution in [0.3, 0.4) is 0 Å². The second-order valence-electron chi connectivity index (χ2n) is 5.84. The van der Waals surface area contributed by atoms with E-state index in [0.29, 0.717) is 18.1 Å². The van der Waals surface area contributed by atoms with Crippen molar-refractivity contribution in [3.8, 4) is 0 Å². The van der Waals surface area contributed by atoms with Crippen molar-refractivity contribution in [3.63, 3.8) is 0 Å². The topological polar surface area (TPSA) is 58.1 Å². The smallest absolute Gasteiger partial charge is 0.272 e. The molecular weight excluding hydrogens is 312 g/mol. The van der Waals surface area contributed by atoms with Crippen LogP contribution in [-0.4, -0.2) is 23.2 Å². The highest BCUT2D eigenvalue weighted by Crippen LogP contribution is 2.20. The number of rotatable bonds is 5. The predicted molar refractivity (Wildman–Crippen MR) is 98.9 cm³/mol. The van der Waals surface area contributed by atoms with Gasteiger partial charge in [0.15, 0.2) is 11.5 Å². The van der Waals surface area contributed by atoms with Crippen LogP contribution in [0.15, 0.2) is 66.7 Å². The molecule has 1 aromatic heterocycles. The Morgan fingerprint density at radius 3 is 2.32 bits per heavy atom. The third-order valence-electron chi connectivity index (χ3n) is 3.94. The molecule has 0 atom stereocenters. The van der Waals surface area contributed by atoms with E-state index in [2.05, 4.69) is 15.5 Å². The predicted octanol–water partition coefficient (Wildman–Crippen LogP) is 3.48. The summed E-state index contributed by atoms with van der Waals surface area (Å²) in [5.41, 5.74) is 3.55. The van der Waals surface area contributed by atoms with Crippen LogP contribution in [0.1, 0.15) is 21.6 Å². The fraction of sp³-hybridized carbons (Fsp3) is 0.150. The second kappa shape index (κ2) is 7.57. The van der Waals surface area contributed by atoms with E-state index >= 15 is 0 Å². The van der Waals surface area contributed by atoms with Crippen molar-refractivity contribution < 1.29 is 4.79 Å². The molecule has 0 aliphatic carbocycles. The largest absolute Gasteiger partial charge is 0.347 e. The van der Waals surface area contributed by atoms with Gasteiger partial charge in [-0.3, -0.25) is 4.79 Å². The molecule has 1 heterocycles. The lowest BCUT2D eigenvalue weighted by molar-refractivity contribution is 0.0945. The number of anilines is 2. The van der Waals surface area contributed by atoms with Gasteiger partial charge >= 0.3 is 0 Å². The first-order chi connectivity index (χ1) is 12.1. The van der Waals surface area contributed by atoms with E-state index in [1.54, 1.807) is 12.1 Å². The van der Waals surface area contributed by atoms with Gasteiger partial charge in [0.25, 0.3) is 5.91 Å². The van der Waals surface area contributed by atoms with Crippen molar-refractivity contribution in [1.29, 1.82) is 0 Å². The molecule has 1 N–H and O–H groups in total. The second-order valence-corrected chi connectivity index (χ2v) is 5.84. The average Bonchev–Trinajstić information content (AvgIpc) is 2.67. The molecule has 0 aliphatic rings. The molecule has 5 nitrogen and oxygen atoms in total. The number of aryl methyl sites for hydroxylation is 1. The van der Waals surface area contributed by atoms with Crippen LogP contribution < -0.4 is 10.2 Å². The number of carbonyl (C=O) groups excluding carboxylic acids is 1. The summed E-state index contributed by atoms with van der Waals surface area (Å²) >= 11 is 0. The molecule has 0 saturated heterocycles. The molecule has 0 bridgehead atoms. The Bertz CT molecular complexity index is 830. The number of carbonyl (C=O) groups is 1. The monoisotopic (exact) mass is 332 g/mol. The number of nitrogens with zero attached hydrogens (tertiary/aromatic N) is 3.